The summed E-state index contributed by atoms with van der Waals surface area (Å²) in [4.78, 5) is 12.1. The van der Waals surface area contributed by atoms with E-state index in [2.05, 4.69) is 20.7 Å². The van der Waals surface area contributed by atoms with Crippen LogP contribution in [0.4, 0.5) is 17.6 Å². The summed E-state index contributed by atoms with van der Waals surface area (Å²) >= 11 is 2.79. The monoisotopic (exact) mass is 362 g/mol. The summed E-state index contributed by atoms with van der Waals surface area (Å²) in [6.07, 6.45) is 0. The van der Waals surface area contributed by atoms with E-state index in [-0.39, 0.29) is 15.8 Å². The second-order valence-corrected chi connectivity index (χ2v) is 4.84. The van der Waals surface area contributed by atoms with Crippen molar-refractivity contribution in [2.75, 3.05) is 0 Å². The summed E-state index contributed by atoms with van der Waals surface area (Å²) in [7, 11) is 0. The van der Waals surface area contributed by atoms with Crippen molar-refractivity contribution in [1.82, 2.24) is 0 Å². The second kappa shape index (κ2) is 6.26. The third-order valence-electron chi connectivity index (χ3n) is 2.58. The molecule has 0 saturated carbocycles. The molecule has 0 radical (unpaired) electrons. The van der Waals surface area contributed by atoms with Crippen LogP contribution in [0.25, 0.3) is 0 Å². The maximum atomic E-state index is 13.7. The number of alkyl halides is 2. The van der Waals surface area contributed by atoms with Gasteiger partial charge in [0.15, 0.2) is 5.78 Å². The first-order chi connectivity index (χ1) is 9.88. The number of carbonyl (C=O) groups is 1. The van der Waals surface area contributed by atoms with Crippen molar-refractivity contribution in [2.45, 2.75) is 6.61 Å². The van der Waals surface area contributed by atoms with Gasteiger partial charge in [-0.05, 0) is 40.2 Å². The van der Waals surface area contributed by atoms with E-state index in [0.29, 0.717) is 0 Å². The Labute approximate surface area is 125 Å². The molecule has 0 bridgehead atoms. The summed E-state index contributed by atoms with van der Waals surface area (Å²) in [5, 5.41) is 0. The fourth-order valence-electron chi connectivity index (χ4n) is 1.67. The molecule has 0 unspecified atom stereocenters. The summed E-state index contributed by atoms with van der Waals surface area (Å²) in [6, 6.07) is 6.41. The standard InChI is InChI=1S/C14H7BrF4O2/c15-10-6-11(16)9(5-12(10)17)13(20)7-2-1-3-8(4-7)21-14(18)19/h1-6,14H. The molecule has 2 aromatic carbocycles. The molecule has 0 atom stereocenters. The largest absolute Gasteiger partial charge is 0.435 e. The van der Waals surface area contributed by atoms with Crippen molar-refractivity contribution in [3.63, 3.8) is 0 Å². The number of rotatable bonds is 4. The summed E-state index contributed by atoms with van der Waals surface area (Å²) < 4.78 is 55.4. The van der Waals surface area contributed by atoms with Crippen molar-refractivity contribution in [2.24, 2.45) is 0 Å². The van der Waals surface area contributed by atoms with Crippen LogP contribution < -0.4 is 4.74 Å². The van der Waals surface area contributed by atoms with Gasteiger partial charge in [0.25, 0.3) is 0 Å². The molecule has 0 aliphatic rings. The minimum atomic E-state index is -3.04. The molecule has 0 aliphatic heterocycles. The highest BCUT2D eigenvalue weighted by Crippen LogP contribution is 2.24. The lowest BCUT2D eigenvalue weighted by atomic mass is 10.0. The Bertz CT molecular complexity index is 689. The van der Waals surface area contributed by atoms with Gasteiger partial charge >= 0.3 is 6.61 Å². The van der Waals surface area contributed by atoms with Crippen LogP contribution in [-0.4, -0.2) is 12.4 Å². The van der Waals surface area contributed by atoms with Crippen molar-refractivity contribution < 1.29 is 27.1 Å². The van der Waals surface area contributed by atoms with E-state index in [1.165, 1.54) is 18.2 Å². The fraction of sp³-hybridized carbons (Fsp3) is 0.0714. The first-order valence-corrected chi connectivity index (χ1v) is 6.42. The number of halogens is 5. The van der Waals surface area contributed by atoms with Gasteiger partial charge in [0, 0.05) is 5.56 Å². The van der Waals surface area contributed by atoms with E-state index < -0.39 is 29.6 Å². The highest BCUT2D eigenvalue weighted by atomic mass is 79.9. The zero-order valence-corrected chi connectivity index (χ0v) is 11.8. The Morgan fingerprint density at radius 2 is 1.81 bits per heavy atom. The zero-order chi connectivity index (χ0) is 15.6. The molecule has 0 aliphatic carbocycles. The van der Waals surface area contributed by atoms with Crippen molar-refractivity contribution in [1.29, 1.82) is 0 Å². The SMILES string of the molecule is O=C(c1cccc(OC(F)F)c1)c1cc(F)c(Br)cc1F. The van der Waals surface area contributed by atoms with Gasteiger partial charge in [0.05, 0.1) is 10.0 Å². The van der Waals surface area contributed by atoms with Crippen LogP contribution in [0, 0.1) is 11.6 Å². The van der Waals surface area contributed by atoms with Crippen LogP contribution >= 0.6 is 15.9 Å². The molecule has 2 aromatic rings. The van der Waals surface area contributed by atoms with Crippen LogP contribution in [0.3, 0.4) is 0 Å². The predicted octanol–water partition coefficient (Wildman–Crippen LogP) is 4.56. The molecule has 0 N–H and O–H groups in total. The number of benzene rings is 2. The molecule has 0 spiro atoms. The minimum Gasteiger partial charge on any atom is -0.435 e. The number of hydrogen-bond acceptors (Lipinski definition) is 2. The molecule has 0 fully saturated rings. The van der Waals surface area contributed by atoms with Gasteiger partial charge in [-0.1, -0.05) is 12.1 Å². The fourth-order valence-corrected chi connectivity index (χ4v) is 1.98. The van der Waals surface area contributed by atoms with E-state index in [1.807, 2.05) is 0 Å². The Kier molecular flexibility index (Phi) is 4.62. The van der Waals surface area contributed by atoms with Crippen molar-refractivity contribution >= 4 is 21.7 Å². The molecule has 0 amide bonds. The molecule has 21 heavy (non-hydrogen) atoms. The predicted molar refractivity (Wildman–Crippen MR) is 70.6 cm³/mol. The van der Waals surface area contributed by atoms with E-state index >= 15 is 0 Å². The second-order valence-electron chi connectivity index (χ2n) is 3.98. The first kappa shape index (κ1) is 15.5. The van der Waals surface area contributed by atoms with Crippen LogP contribution in [0.2, 0.25) is 0 Å². The van der Waals surface area contributed by atoms with E-state index in [0.717, 1.165) is 18.2 Å². The van der Waals surface area contributed by atoms with Crippen LogP contribution in [0.15, 0.2) is 40.9 Å². The smallest absolute Gasteiger partial charge is 0.387 e. The first-order valence-electron chi connectivity index (χ1n) is 5.62. The van der Waals surface area contributed by atoms with E-state index in [1.54, 1.807) is 0 Å². The molecular weight excluding hydrogens is 356 g/mol. The maximum Gasteiger partial charge on any atom is 0.387 e. The third kappa shape index (κ3) is 3.60. The zero-order valence-electron chi connectivity index (χ0n) is 10.2. The highest BCUT2D eigenvalue weighted by molar-refractivity contribution is 9.10. The van der Waals surface area contributed by atoms with Gasteiger partial charge in [0.2, 0.25) is 0 Å². The van der Waals surface area contributed by atoms with Gasteiger partial charge in [-0.25, -0.2) is 8.78 Å². The van der Waals surface area contributed by atoms with E-state index in [9.17, 15) is 22.4 Å². The van der Waals surface area contributed by atoms with Crippen molar-refractivity contribution in [3.05, 3.63) is 63.6 Å². The molecule has 0 heterocycles. The molecular formula is C14H7BrF4O2. The summed E-state index contributed by atoms with van der Waals surface area (Å²) in [5.41, 5.74) is -0.585. The number of ether oxygens (including phenoxy) is 1. The molecule has 110 valence electrons. The lowest BCUT2D eigenvalue weighted by molar-refractivity contribution is -0.0498. The van der Waals surface area contributed by atoms with Gasteiger partial charge in [-0.2, -0.15) is 8.78 Å². The normalized spacial score (nSPS) is 10.8. The summed E-state index contributed by atoms with van der Waals surface area (Å²) in [5.74, 6) is -2.80. The van der Waals surface area contributed by atoms with Gasteiger partial charge in [-0.3, -0.25) is 4.79 Å². The Morgan fingerprint density at radius 3 is 2.48 bits per heavy atom. The molecule has 0 aromatic heterocycles. The maximum absolute atomic E-state index is 13.7. The number of hydrogen-bond donors (Lipinski definition) is 0. The van der Waals surface area contributed by atoms with Crippen LogP contribution in [-0.2, 0) is 0 Å². The topological polar surface area (TPSA) is 26.3 Å². The number of ketones is 1. The average Bonchev–Trinajstić information content (AvgIpc) is 2.41. The Morgan fingerprint density at radius 1 is 1.10 bits per heavy atom. The molecule has 0 saturated heterocycles. The van der Waals surface area contributed by atoms with Gasteiger partial charge < -0.3 is 4.74 Å². The van der Waals surface area contributed by atoms with Crippen LogP contribution in [0.1, 0.15) is 15.9 Å². The molecule has 2 rings (SSSR count). The molecule has 2 nitrogen and oxygen atoms in total. The molecule has 7 heteroatoms. The van der Waals surface area contributed by atoms with Crippen molar-refractivity contribution in [3.8, 4) is 5.75 Å². The minimum absolute atomic E-state index is 0.0891. The van der Waals surface area contributed by atoms with E-state index in [4.69, 9.17) is 0 Å². The lowest BCUT2D eigenvalue weighted by Crippen LogP contribution is -2.07. The Hall–Kier alpha value is -1.89. The van der Waals surface area contributed by atoms with Gasteiger partial charge in [-0.15, -0.1) is 0 Å². The Balaban J connectivity index is 2.38. The third-order valence-corrected chi connectivity index (χ3v) is 3.18. The van der Waals surface area contributed by atoms with Gasteiger partial charge in [0.1, 0.15) is 17.4 Å². The summed E-state index contributed by atoms with van der Waals surface area (Å²) in [6.45, 7) is -3.04. The van der Waals surface area contributed by atoms with Crippen LogP contribution in [0.5, 0.6) is 5.75 Å². The highest BCUT2D eigenvalue weighted by Gasteiger charge is 2.18. The average molecular weight is 363 g/mol. The lowest BCUT2D eigenvalue weighted by Gasteiger charge is -2.07. The number of carbonyl (C=O) groups excluding carboxylic acids is 1. The quantitative estimate of drug-likeness (QED) is 0.452.